The molecule has 102 valence electrons. The van der Waals surface area contributed by atoms with Crippen LogP contribution in [0.1, 0.15) is 24.1 Å². The van der Waals surface area contributed by atoms with Gasteiger partial charge in [-0.1, -0.05) is 0 Å². The molecule has 0 bridgehead atoms. The lowest BCUT2D eigenvalue weighted by atomic mass is 10.3. The predicted molar refractivity (Wildman–Crippen MR) is 72.3 cm³/mol. The molecule has 0 aliphatic heterocycles. The van der Waals surface area contributed by atoms with Gasteiger partial charge in [-0.25, -0.2) is 15.8 Å². The fourth-order valence-corrected chi connectivity index (χ4v) is 1.78. The summed E-state index contributed by atoms with van der Waals surface area (Å²) in [5.74, 6) is 8.30. The molecule has 2 aromatic rings. The lowest BCUT2D eigenvalue weighted by molar-refractivity contribution is 0.707. The zero-order chi connectivity index (χ0) is 13.8. The molecule has 0 aliphatic rings. The van der Waals surface area contributed by atoms with Crippen molar-refractivity contribution in [3.8, 4) is 0 Å². The Morgan fingerprint density at radius 2 is 2.00 bits per heavy atom. The topological polar surface area (TPSA) is 107 Å². The van der Waals surface area contributed by atoms with E-state index in [1.54, 1.807) is 6.33 Å². The van der Waals surface area contributed by atoms with Crippen molar-refractivity contribution in [2.24, 2.45) is 5.84 Å². The summed E-state index contributed by atoms with van der Waals surface area (Å²) < 4.78 is 1.97. The minimum atomic E-state index is 0.551. The van der Waals surface area contributed by atoms with E-state index in [9.17, 15) is 0 Å². The molecule has 8 nitrogen and oxygen atoms in total. The molecule has 0 radical (unpaired) electrons. The maximum atomic E-state index is 5.43. The third kappa shape index (κ3) is 2.79. The van der Waals surface area contributed by atoms with Crippen LogP contribution in [0, 0.1) is 13.8 Å². The average Bonchev–Trinajstić information content (AvgIpc) is 2.86. The molecule has 0 saturated heterocycles. The van der Waals surface area contributed by atoms with E-state index in [-0.39, 0.29) is 0 Å². The van der Waals surface area contributed by atoms with Crippen LogP contribution in [0.5, 0.6) is 0 Å². The number of hydrazine groups is 1. The Labute approximate surface area is 111 Å². The van der Waals surface area contributed by atoms with Crippen LogP contribution in [-0.4, -0.2) is 24.7 Å². The van der Waals surface area contributed by atoms with Gasteiger partial charge >= 0.3 is 0 Å². The van der Waals surface area contributed by atoms with Crippen molar-refractivity contribution in [1.82, 2.24) is 24.7 Å². The number of rotatable bonds is 5. The number of aryl methyl sites for hydroxylation is 2. The lowest BCUT2D eigenvalue weighted by Crippen LogP contribution is -2.15. The number of aromatic nitrogens is 5. The molecule has 0 atom stereocenters. The second-order valence-corrected chi connectivity index (χ2v) is 4.12. The Balaban J connectivity index is 2.18. The summed E-state index contributed by atoms with van der Waals surface area (Å²) in [6.07, 6.45) is 1.71. The van der Waals surface area contributed by atoms with Crippen LogP contribution in [0.2, 0.25) is 0 Å². The van der Waals surface area contributed by atoms with E-state index in [1.807, 2.05) is 25.3 Å². The summed E-state index contributed by atoms with van der Waals surface area (Å²) in [6, 6.07) is 0. The third-order valence-electron chi connectivity index (χ3n) is 2.84. The normalized spacial score (nSPS) is 10.5. The fraction of sp³-hybridized carbons (Fsp3) is 0.455. The highest BCUT2D eigenvalue weighted by Gasteiger charge is 2.09. The summed E-state index contributed by atoms with van der Waals surface area (Å²) in [6.45, 7) is 7.15. The molecule has 0 aliphatic carbocycles. The van der Waals surface area contributed by atoms with E-state index in [0.29, 0.717) is 18.2 Å². The van der Waals surface area contributed by atoms with E-state index in [1.165, 1.54) is 0 Å². The second kappa shape index (κ2) is 5.61. The van der Waals surface area contributed by atoms with Gasteiger partial charge in [-0.05, 0) is 20.8 Å². The van der Waals surface area contributed by atoms with E-state index in [2.05, 4.69) is 30.9 Å². The van der Waals surface area contributed by atoms with Gasteiger partial charge in [0.1, 0.15) is 23.8 Å². The first-order valence-corrected chi connectivity index (χ1v) is 6.08. The molecule has 0 fully saturated rings. The Morgan fingerprint density at radius 3 is 2.68 bits per heavy atom. The molecule has 0 amide bonds. The van der Waals surface area contributed by atoms with E-state index in [4.69, 9.17) is 5.84 Å². The standard InChI is InChI=1S/C11H18N8/c1-4-19-6-14-18-9(19)5-13-10-7(2)11(17-12)16-8(3)15-10/h6H,4-5,12H2,1-3H3,(H2,13,15,16,17). The van der Waals surface area contributed by atoms with Crippen LogP contribution < -0.4 is 16.6 Å². The number of nitrogen functional groups attached to an aromatic ring is 1. The molecule has 2 aromatic heterocycles. The minimum Gasteiger partial charge on any atom is -0.362 e. The van der Waals surface area contributed by atoms with Gasteiger partial charge in [0.25, 0.3) is 0 Å². The predicted octanol–water partition coefficient (Wildman–Crippen LogP) is 0.603. The van der Waals surface area contributed by atoms with Crippen LogP contribution in [0.15, 0.2) is 6.33 Å². The Morgan fingerprint density at radius 1 is 1.26 bits per heavy atom. The first kappa shape index (κ1) is 13.2. The van der Waals surface area contributed by atoms with Gasteiger partial charge in [-0.2, -0.15) is 0 Å². The summed E-state index contributed by atoms with van der Waals surface area (Å²) in [5.41, 5.74) is 3.44. The number of anilines is 2. The number of hydrogen-bond donors (Lipinski definition) is 3. The molecular formula is C11H18N8. The SMILES string of the molecule is CCn1cnnc1CNc1nc(C)nc(NN)c1C. The van der Waals surface area contributed by atoms with Crippen LogP contribution in [0.25, 0.3) is 0 Å². The van der Waals surface area contributed by atoms with Crippen molar-refractivity contribution in [1.29, 1.82) is 0 Å². The molecule has 0 aromatic carbocycles. The summed E-state index contributed by atoms with van der Waals surface area (Å²) in [4.78, 5) is 8.57. The largest absolute Gasteiger partial charge is 0.362 e. The molecule has 2 rings (SSSR count). The summed E-state index contributed by atoms with van der Waals surface area (Å²) in [7, 11) is 0. The van der Waals surface area contributed by atoms with E-state index >= 15 is 0 Å². The zero-order valence-corrected chi connectivity index (χ0v) is 11.3. The highest BCUT2D eigenvalue weighted by atomic mass is 15.3. The average molecular weight is 262 g/mol. The van der Waals surface area contributed by atoms with Gasteiger partial charge < -0.3 is 15.3 Å². The minimum absolute atomic E-state index is 0.551. The van der Waals surface area contributed by atoms with Crippen molar-refractivity contribution in [3.63, 3.8) is 0 Å². The molecule has 0 spiro atoms. The molecule has 8 heteroatoms. The van der Waals surface area contributed by atoms with Gasteiger partial charge in [-0.15, -0.1) is 10.2 Å². The molecule has 4 N–H and O–H groups in total. The Bertz CT molecular complexity index is 562. The quantitative estimate of drug-likeness (QED) is 0.535. The number of hydrogen-bond acceptors (Lipinski definition) is 7. The van der Waals surface area contributed by atoms with Gasteiger partial charge in [0.2, 0.25) is 0 Å². The summed E-state index contributed by atoms with van der Waals surface area (Å²) in [5, 5.41) is 11.2. The van der Waals surface area contributed by atoms with Crippen LogP contribution >= 0.6 is 0 Å². The fourth-order valence-electron chi connectivity index (χ4n) is 1.78. The van der Waals surface area contributed by atoms with Crippen molar-refractivity contribution in [2.45, 2.75) is 33.9 Å². The van der Waals surface area contributed by atoms with Crippen LogP contribution in [-0.2, 0) is 13.1 Å². The maximum absolute atomic E-state index is 5.43. The Hall–Kier alpha value is -2.22. The molecule has 0 unspecified atom stereocenters. The van der Waals surface area contributed by atoms with Gasteiger partial charge in [-0.3, -0.25) is 0 Å². The van der Waals surface area contributed by atoms with Gasteiger partial charge in [0, 0.05) is 12.1 Å². The van der Waals surface area contributed by atoms with Gasteiger partial charge in [0.15, 0.2) is 5.82 Å². The van der Waals surface area contributed by atoms with Crippen LogP contribution in [0.4, 0.5) is 11.6 Å². The smallest absolute Gasteiger partial charge is 0.152 e. The lowest BCUT2D eigenvalue weighted by Gasteiger charge is -2.12. The monoisotopic (exact) mass is 262 g/mol. The zero-order valence-electron chi connectivity index (χ0n) is 11.3. The molecule has 2 heterocycles. The number of nitrogens with two attached hydrogens (primary N) is 1. The van der Waals surface area contributed by atoms with E-state index < -0.39 is 0 Å². The first-order valence-electron chi connectivity index (χ1n) is 6.08. The number of nitrogens with zero attached hydrogens (tertiary/aromatic N) is 5. The van der Waals surface area contributed by atoms with Crippen molar-refractivity contribution < 1.29 is 0 Å². The second-order valence-electron chi connectivity index (χ2n) is 4.12. The Kier molecular flexibility index (Phi) is 3.91. The van der Waals surface area contributed by atoms with Crippen molar-refractivity contribution >= 4 is 11.6 Å². The highest BCUT2D eigenvalue weighted by molar-refractivity contribution is 5.56. The third-order valence-corrected chi connectivity index (χ3v) is 2.84. The molecule has 0 saturated carbocycles. The number of nitrogens with one attached hydrogen (secondary N) is 2. The van der Waals surface area contributed by atoms with Crippen LogP contribution in [0.3, 0.4) is 0 Å². The van der Waals surface area contributed by atoms with Crippen molar-refractivity contribution in [2.75, 3.05) is 10.7 Å². The van der Waals surface area contributed by atoms with Gasteiger partial charge in [0.05, 0.1) is 6.54 Å². The molecule has 19 heavy (non-hydrogen) atoms. The molecular weight excluding hydrogens is 244 g/mol. The van der Waals surface area contributed by atoms with E-state index in [0.717, 1.165) is 23.8 Å². The maximum Gasteiger partial charge on any atom is 0.152 e. The summed E-state index contributed by atoms with van der Waals surface area (Å²) >= 11 is 0. The van der Waals surface area contributed by atoms with Crippen molar-refractivity contribution in [3.05, 3.63) is 23.5 Å². The first-order chi connectivity index (χ1) is 9.15. The highest BCUT2D eigenvalue weighted by Crippen LogP contribution is 2.19.